The maximum atomic E-state index is 4.37. The van der Waals surface area contributed by atoms with E-state index >= 15 is 0 Å². The van der Waals surface area contributed by atoms with Gasteiger partial charge in [0.1, 0.15) is 10.4 Å². The summed E-state index contributed by atoms with van der Waals surface area (Å²) in [5.41, 5.74) is 0.873. The van der Waals surface area contributed by atoms with Crippen molar-refractivity contribution in [2.24, 2.45) is 16.7 Å². The number of pyridine rings is 1. The molecule has 0 radical (unpaired) electrons. The summed E-state index contributed by atoms with van der Waals surface area (Å²) in [7, 11) is 0. The Morgan fingerprint density at radius 2 is 1.88 bits per heavy atom. The normalized spacial score (nSPS) is 21.8. The van der Waals surface area contributed by atoms with Crippen molar-refractivity contribution >= 4 is 21.7 Å². The highest BCUT2D eigenvalue weighted by Gasteiger charge is 2.64. The first-order valence-electron chi connectivity index (χ1n) is 5.72. The van der Waals surface area contributed by atoms with Crippen LogP contribution in [0.2, 0.25) is 0 Å². The molecule has 0 bridgehead atoms. The average molecular weight is 283 g/mol. The van der Waals surface area contributed by atoms with Crippen LogP contribution in [0.1, 0.15) is 27.7 Å². The van der Waals surface area contributed by atoms with Crippen LogP contribution in [-0.4, -0.2) is 11.5 Å². The molecule has 1 aromatic rings. The van der Waals surface area contributed by atoms with Crippen molar-refractivity contribution in [1.82, 2.24) is 4.98 Å². The third-order valence-corrected chi connectivity index (χ3v) is 4.96. The minimum Gasteiger partial charge on any atom is -0.370 e. The molecule has 0 amide bonds. The Labute approximate surface area is 106 Å². The number of rotatable bonds is 3. The molecule has 88 valence electrons. The zero-order valence-corrected chi connectivity index (χ0v) is 11.9. The van der Waals surface area contributed by atoms with E-state index in [4.69, 9.17) is 0 Å². The Morgan fingerprint density at radius 3 is 2.38 bits per heavy atom. The van der Waals surface area contributed by atoms with Crippen molar-refractivity contribution in [2.75, 3.05) is 11.9 Å². The number of nitrogens with one attached hydrogen (secondary N) is 1. The molecular weight excluding hydrogens is 264 g/mol. The van der Waals surface area contributed by atoms with E-state index in [1.807, 2.05) is 18.2 Å². The van der Waals surface area contributed by atoms with Gasteiger partial charge in [-0.2, -0.15) is 0 Å². The highest BCUT2D eigenvalue weighted by Crippen LogP contribution is 2.68. The summed E-state index contributed by atoms with van der Waals surface area (Å²) in [6.45, 7) is 10.4. The van der Waals surface area contributed by atoms with Crippen molar-refractivity contribution in [3.05, 3.63) is 22.8 Å². The fourth-order valence-electron chi connectivity index (χ4n) is 2.56. The topological polar surface area (TPSA) is 24.9 Å². The quantitative estimate of drug-likeness (QED) is 0.850. The van der Waals surface area contributed by atoms with E-state index in [0.717, 1.165) is 22.9 Å². The van der Waals surface area contributed by atoms with Gasteiger partial charge in [-0.15, -0.1) is 0 Å². The van der Waals surface area contributed by atoms with E-state index in [9.17, 15) is 0 Å². The molecule has 0 aliphatic heterocycles. The molecule has 1 aliphatic carbocycles. The Kier molecular flexibility index (Phi) is 2.77. The van der Waals surface area contributed by atoms with Crippen LogP contribution in [0, 0.1) is 16.7 Å². The maximum Gasteiger partial charge on any atom is 0.127 e. The number of anilines is 1. The van der Waals surface area contributed by atoms with Crippen LogP contribution in [0.15, 0.2) is 22.8 Å². The molecule has 16 heavy (non-hydrogen) atoms. The van der Waals surface area contributed by atoms with Gasteiger partial charge in [0, 0.05) is 6.54 Å². The van der Waals surface area contributed by atoms with Crippen LogP contribution in [0.4, 0.5) is 5.82 Å². The van der Waals surface area contributed by atoms with E-state index in [1.54, 1.807) is 0 Å². The van der Waals surface area contributed by atoms with Crippen LogP contribution < -0.4 is 5.32 Å². The Morgan fingerprint density at radius 1 is 1.25 bits per heavy atom. The molecule has 1 heterocycles. The first kappa shape index (κ1) is 11.9. The number of aromatic nitrogens is 1. The van der Waals surface area contributed by atoms with Gasteiger partial charge in [0.05, 0.1) is 0 Å². The van der Waals surface area contributed by atoms with Crippen LogP contribution in [0.25, 0.3) is 0 Å². The highest BCUT2D eigenvalue weighted by atomic mass is 79.9. The third-order valence-electron chi connectivity index (χ3n) is 4.52. The number of halogens is 1. The number of hydrogen-bond acceptors (Lipinski definition) is 2. The molecule has 1 fully saturated rings. The predicted octanol–water partition coefficient (Wildman–Crippen LogP) is 3.94. The zero-order chi connectivity index (χ0) is 12.0. The van der Waals surface area contributed by atoms with Crippen molar-refractivity contribution in [2.45, 2.75) is 27.7 Å². The van der Waals surface area contributed by atoms with E-state index in [1.165, 1.54) is 0 Å². The fourth-order valence-corrected chi connectivity index (χ4v) is 2.90. The van der Waals surface area contributed by atoms with Gasteiger partial charge in [0.25, 0.3) is 0 Å². The van der Waals surface area contributed by atoms with Crippen LogP contribution in [0.5, 0.6) is 0 Å². The van der Waals surface area contributed by atoms with Gasteiger partial charge in [0.15, 0.2) is 0 Å². The summed E-state index contributed by atoms with van der Waals surface area (Å²) in [5.74, 6) is 1.67. The second-order valence-electron chi connectivity index (χ2n) is 5.72. The maximum absolute atomic E-state index is 4.37. The SMILES string of the molecule is CC1(C)C(CNc2cccc(Br)n2)C1(C)C. The van der Waals surface area contributed by atoms with Crippen LogP contribution in [-0.2, 0) is 0 Å². The molecule has 0 spiro atoms. The molecule has 3 heteroatoms. The molecule has 2 rings (SSSR count). The summed E-state index contributed by atoms with van der Waals surface area (Å²) in [6.07, 6.45) is 0. The molecular formula is C13H19BrN2. The molecule has 0 aromatic carbocycles. The molecule has 1 N–H and O–H groups in total. The Hall–Kier alpha value is -0.570. The van der Waals surface area contributed by atoms with Gasteiger partial charge in [-0.1, -0.05) is 33.8 Å². The van der Waals surface area contributed by atoms with E-state index in [-0.39, 0.29) is 0 Å². The highest BCUT2D eigenvalue weighted by molar-refractivity contribution is 9.10. The van der Waals surface area contributed by atoms with Gasteiger partial charge in [-0.25, -0.2) is 4.98 Å². The Bertz CT molecular complexity index is 385. The summed E-state index contributed by atoms with van der Waals surface area (Å²) < 4.78 is 0.881. The second kappa shape index (κ2) is 3.73. The Balaban J connectivity index is 1.95. The van der Waals surface area contributed by atoms with Crippen molar-refractivity contribution in [3.8, 4) is 0 Å². The van der Waals surface area contributed by atoms with Gasteiger partial charge in [-0.05, 0) is 44.8 Å². The van der Waals surface area contributed by atoms with Crippen molar-refractivity contribution < 1.29 is 0 Å². The fraction of sp³-hybridized carbons (Fsp3) is 0.615. The second-order valence-corrected chi connectivity index (χ2v) is 6.53. The largest absolute Gasteiger partial charge is 0.370 e. The van der Waals surface area contributed by atoms with Gasteiger partial charge < -0.3 is 5.32 Å². The van der Waals surface area contributed by atoms with Crippen molar-refractivity contribution in [1.29, 1.82) is 0 Å². The zero-order valence-electron chi connectivity index (χ0n) is 10.3. The van der Waals surface area contributed by atoms with E-state index in [2.05, 4.69) is 53.9 Å². The lowest BCUT2D eigenvalue weighted by Gasteiger charge is -2.06. The van der Waals surface area contributed by atoms with E-state index < -0.39 is 0 Å². The molecule has 1 aliphatic rings. The predicted molar refractivity (Wildman–Crippen MR) is 71.5 cm³/mol. The van der Waals surface area contributed by atoms with Gasteiger partial charge in [0.2, 0.25) is 0 Å². The summed E-state index contributed by atoms with van der Waals surface area (Å²) in [4.78, 5) is 4.37. The minimum atomic E-state index is 0.437. The third kappa shape index (κ3) is 1.86. The van der Waals surface area contributed by atoms with Crippen LogP contribution in [0.3, 0.4) is 0 Å². The first-order valence-corrected chi connectivity index (χ1v) is 6.51. The summed E-state index contributed by atoms with van der Waals surface area (Å²) >= 11 is 3.38. The van der Waals surface area contributed by atoms with Gasteiger partial charge in [-0.3, -0.25) is 0 Å². The lowest BCUT2D eigenvalue weighted by Crippen LogP contribution is -2.09. The first-order chi connectivity index (χ1) is 7.35. The summed E-state index contributed by atoms with van der Waals surface area (Å²) in [5, 5.41) is 3.42. The standard InChI is InChI=1S/C13H19BrN2/c1-12(2)9(13(12,3)4)8-15-11-7-5-6-10(14)16-11/h5-7,9H,8H2,1-4H3,(H,15,16). The lowest BCUT2D eigenvalue weighted by molar-refractivity contribution is 0.457. The monoisotopic (exact) mass is 282 g/mol. The van der Waals surface area contributed by atoms with E-state index in [0.29, 0.717) is 10.8 Å². The summed E-state index contributed by atoms with van der Waals surface area (Å²) in [6, 6.07) is 5.95. The lowest BCUT2D eigenvalue weighted by atomic mass is 10.0. The number of nitrogens with zero attached hydrogens (tertiary/aromatic N) is 1. The average Bonchev–Trinajstić information content (AvgIpc) is 2.55. The van der Waals surface area contributed by atoms with Crippen molar-refractivity contribution in [3.63, 3.8) is 0 Å². The molecule has 1 saturated carbocycles. The van der Waals surface area contributed by atoms with Gasteiger partial charge >= 0.3 is 0 Å². The molecule has 2 nitrogen and oxygen atoms in total. The molecule has 0 atom stereocenters. The van der Waals surface area contributed by atoms with Crippen LogP contribution >= 0.6 is 15.9 Å². The number of hydrogen-bond donors (Lipinski definition) is 1. The molecule has 0 unspecified atom stereocenters. The minimum absolute atomic E-state index is 0.437. The molecule has 0 saturated heterocycles. The molecule has 1 aromatic heterocycles. The smallest absolute Gasteiger partial charge is 0.127 e.